The number of halogens is 4. The molecule has 0 radical (unpaired) electrons. The lowest BCUT2D eigenvalue weighted by molar-refractivity contribution is 0.0423. The van der Waals surface area contributed by atoms with Crippen molar-refractivity contribution in [1.29, 1.82) is 0 Å². The Morgan fingerprint density at radius 2 is 0.848 bits per heavy atom. The molecule has 0 aliphatic carbocycles. The molecule has 170 valence electrons. The fourth-order valence-corrected chi connectivity index (χ4v) is 3.24. The molecule has 0 fully saturated rings. The first-order chi connectivity index (χ1) is 15.7. The maximum atomic E-state index is 14.1. The highest BCUT2D eigenvalue weighted by atomic mass is 19.3. The van der Waals surface area contributed by atoms with E-state index < -0.39 is 11.8 Å². The van der Waals surface area contributed by atoms with Crippen molar-refractivity contribution in [1.82, 2.24) is 0 Å². The van der Waals surface area contributed by atoms with Crippen LogP contribution in [0.1, 0.15) is 33.4 Å². The maximum absolute atomic E-state index is 14.1. The molecule has 0 saturated heterocycles. The van der Waals surface area contributed by atoms with Crippen LogP contribution in [-0.2, 0) is 18.4 Å². The Morgan fingerprint density at radius 3 is 1.21 bits per heavy atom. The van der Waals surface area contributed by atoms with Crippen LogP contribution in [0.25, 0.3) is 0 Å². The number of alkyl halides is 4. The zero-order valence-electron chi connectivity index (χ0n) is 18.2. The summed E-state index contributed by atoms with van der Waals surface area (Å²) in [6.45, 7) is 2.24. The van der Waals surface area contributed by atoms with Gasteiger partial charge in [-0.05, 0) is 12.5 Å². The molecular formula is C28H25F4N. The summed E-state index contributed by atoms with van der Waals surface area (Å²) >= 11 is 0. The quantitative estimate of drug-likeness (QED) is 0.314. The Labute approximate surface area is 191 Å². The molecule has 0 aliphatic heterocycles. The molecular weight excluding hydrogens is 426 g/mol. The number of hydrogen-bond donors (Lipinski definition) is 1. The van der Waals surface area contributed by atoms with Gasteiger partial charge < -0.3 is 5.73 Å². The van der Waals surface area contributed by atoms with Gasteiger partial charge in [-0.2, -0.15) is 17.6 Å². The van der Waals surface area contributed by atoms with E-state index in [2.05, 4.69) is 0 Å². The molecule has 2 N–H and O–H groups in total. The molecule has 1 nitrogen and oxygen atoms in total. The van der Waals surface area contributed by atoms with Crippen LogP contribution in [0.15, 0.2) is 109 Å². The maximum Gasteiger partial charge on any atom is 0.298 e. The second kappa shape index (κ2) is 10.5. The molecule has 5 heteroatoms. The summed E-state index contributed by atoms with van der Waals surface area (Å²) in [4.78, 5) is 0. The first-order valence-electron chi connectivity index (χ1n) is 10.5. The molecule has 33 heavy (non-hydrogen) atoms. The van der Waals surface area contributed by atoms with E-state index in [1.54, 1.807) is 60.7 Å². The van der Waals surface area contributed by atoms with Crippen LogP contribution in [0.3, 0.4) is 0 Å². The third kappa shape index (κ3) is 5.88. The van der Waals surface area contributed by atoms with Crippen LogP contribution < -0.4 is 5.73 Å². The molecule has 0 aliphatic rings. The zero-order chi connectivity index (χ0) is 23.9. The van der Waals surface area contributed by atoms with E-state index in [0.717, 1.165) is 11.1 Å². The Balaban J connectivity index is 0.000000186. The first-order valence-corrected chi connectivity index (χ1v) is 10.5. The fraction of sp³-hybridized carbons (Fsp3) is 0.143. The van der Waals surface area contributed by atoms with E-state index >= 15 is 0 Å². The number of benzene rings is 4. The van der Waals surface area contributed by atoms with Gasteiger partial charge in [-0.25, -0.2) is 0 Å². The van der Waals surface area contributed by atoms with Crippen molar-refractivity contribution in [3.8, 4) is 0 Å². The lowest BCUT2D eigenvalue weighted by atomic mass is 9.99. The topological polar surface area (TPSA) is 26.0 Å². The predicted octanol–water partition coefficient (Wildman–Crippen LogP) is 7.42. The minimum Gasteiger partial charge on any atom is -0.326 e. The second-order valence-electron chi connectivity index (χ2n) is 7.65. The van der Waals surface area contributed by atoms with Gasteiger partial charge in [0, 0.05) is 28.8 Å². The van der Waals surface area contributed by atoms with Crippen molar-refractivity contribution in [3.05, 3.63) is 143 Å². The van der Waals surface area contributed by atoms with Gasteiger partial charge >= 0.3 is 0 Å². The summed E-state index contributed by atoms with van der Waals surface area (Å²) in [5.41, 5.74) is 7.30. The highest BCUT2D eigenvalue weighted by molar-refractivity contribution is 5.35. The third-order valence-electron chi connectivity index (χ3n) is 5.24. The largest absolute Gasteiger partial charge is 0.326 e. The van der Waals surface area contributed by atoms with Crippen molar-refractivity contribution in [2.24, 2.45) is 5.73 Å². The summed E-state index contributed by atoms with van der Waals surface area (Å²) in [5.74, 6) is -5.89. The highest BCUT2D eigenvalue weighted by Crippen LogP contribution is 2.36. The monoisotopic (exact) mass is 451 g/mol. The normalized spacial score (nSPS) is 11.5. The van der Waals surface area contributed by atoms with Gasteiger partial charge in [0.05, 0.1) is 0 Å². The van der Waals surface area contributed by atoms with Crippen molar-refractivity contribution in [2.45, 2.75) is 25.3 Å². The molecule has 0 amide bonds. The molecule has 4 rings (SSSR count). The average Bonchev–Trinajstić information content (AvgIpc) is 2.86. The van der Waals surface area contributed by atoms with Crippen LogP contribution in [-0.4, -0.2) is 0 Å². The summed E-state index contributed by atoms with van der Waals surface area (Å²) in [5, 5.41) is 0. The molecule has 0 bridgehead atoms. The Hall–Kier alpha value is -3.44. The van der Waals surface area contributed by atoms with E-state index in [0.29, 0.717) is 6.54 Å². The zero-order valence-corrected chi connectivity index (χ0v) is 18.2. The minimum absolute atomic E-state index is 0.000462. The van der Waals surface area contributed by atoms with Crippen molar-refractivity contribution >= 4 is 0 Å². The van der Waals surface area contributed by atoms with Gasteiger partial charge in [0.2, 0.25) is 0 Å². The van der Waals surface area contributed by atoms with Crippen LogP contribution in [0.5, 0.6) is 0 Å². The van der Waals surface area contributed by atoms with Crippen LogP contribution in [0, 0.1) is 6.92 Å². The third-order valence-corrected chi connectivity index (χ3v) is 5.24. The summed E-state index contributed by atoms with van der Waals surface area (Å²) < 4.78 is 56.2. The van der Waals surface area contributed by atoms with Gasteiger partial charge in [-0.3, -0.25) is 0 Å². The number of hydrogen-bond acceptors (Lipinski definition) is 1. The smallest absolute Gasteiger partial charge is 0.298 e. The van der Waals surface area contributed by atoms with Crippen LogP contribution >= 0.6 is 0 Å². The second-order valence-corrected chi connectivity index (χ2v) is 7.65. The van der Waals surface area contributed by atoms with Crippen LogP contribution in [0.4, 0.5) is 17.6 Å². The van der Waals surface area contributed by atoms with E-state index in [4.69, 9.17) is 5.73 Å². The summed E-state index contributed by atoms with van der Waals surface area (Å²) in [6, 6.07) is 28.1. The van der Waals surface area contributed by atoms with Crippen molar-refractivity contribution < 1.29 is 17.6 Å². The predicted molar refractivity (Wildman–Crippen MR) is 124 cm³/mol. The number of rotatable bonds is 5. The molecule has 0 saturated carbocycles. The molecule has 0 unspecified atom stereocenters. The lowest BCUT2D eigenvalue weighted by Gasteiger charge is -2.17. The molecule has 4 aromatic rings. The standard InChI is InChI=1S/C14H13F2N.C14H12F2/c15-14(16,12-4-2-1-3-5-12)13-8-6-11(10-17)7-9-13;1-11-7-9-13(10-8-11)14(15,16)12-5-3-2-4-6-12/h1-9H,10,17H2;2-10H,1H3. The van der Waals surface area contributed by atoms with Gasteiger partial charge in [-0.1, -0.05) is 115 Å². The Kier molecular flexibility index (Phi) is 7.67. The first kappa shape index (κ1) is 24.2. The molecule has 0 spiro atoms. The van der Waals surface area contributed by atoms with Crippen molar-refractivity contribution in [3.63, 3.8) is 0 Å². The summed E-state index contributed by atoms with van der Waals surface area (Å²) in [6.07, 6.45) is 0. The lowest BCUT2D eigenvalue weighted by Crippen LogP contribution is -2.15. The van der Waals surface area contributed by atoms with Crippen molar-refractivity contribution in [2.75, 3.05) is 0 Å². The average molecular weight is 452 g/mol. The fourth-order valence-electron chi connectivity index (χ4n) is 3.24. The van der Waals surface area contributed by atoms with E-state index in [9.17, 15) is 17.6 Å². The molecule has 0 atom stereocenters. The van der Waals surface area contributed by atoms with E-state index in [1.807, 2.05) is 6.92 Å². The molecule has 0 heterocycles. The summed E-state index contributed by atoms with van der Waals surface area (Å²) in [7, 11) is 0. The van der Waals surface area contributed by atoms with E-state index in [1.165, 1.54) is 48.5 Å². The number of nitrogens with two attached hydrogens (primary N) is 1. The van der Waals surface area contributed by atoms with Gasteiger partial charge in [-0.15, -0.1) is 0 Å². The van der Waals surface area contributed by atoms with Gasteiger partial charge in [0.15, 0.2) is 0 Å². The van der Waals surface area contributed by atoms with E-state index in [-0.39, 0.29) is 22.3 Å². The van der Waals surface area contributed by atoms with Gasteiger partial charge in [0.1, 0.15) is 0 Å². The Bertz CT molecular complexity index is 1120. The van der Waals surface area contributed by atoms with Gasteiger partial charge in [0.25, 0.3) is 11.8 Å². The minimum atomic E-state index is -2.96. The number of aryl methyl sites for hydroxylation is 1. The molecule has 4 aromatic carbocycles. The van der Waals surface area contributed by atoms with Crippen LogP contribution in [0.2, 0.25) is 0 Å². The molecule has 0 aromatic heterocycles. The highest BCUT2D eigenvalue weighted by Gasteiger charge is 2.34. The Morgan fingerprint density at radius 1 is 0.515 bits per heavy atom. The SMILES string of the molecule is Cc1ccc(C(F)(F)c2ccccc2)cc1.NCc1ccc(C(F)(F)c2ccccc2)cc1.